The van der Waals surface area contributed by atoms with Crippen LogP contribution in [0, 0.1) is 0 Å². The zero-order chi connectivity index (χ0) is 12.1. The molecule has 0 fully saturated rings. The van der Waals surface area contributed by atoms with Crippen molar-refractivity contribution >= 4 is 15.9 Å². The van der Waals surface area contributed by atoms with Crippen LogP contribution < -0.4 is 0 Å². The molecule has 0 atom stereocenters. The first-order chi connectivity index (χ1) is 8.28. The number of rotatable bonds is 5. The van der Waals surface area contributed by atoms with Gasteiger partial charge in [0.15, 0.2) is 4.67 Å². The Hall–Kier alpha value is -1.13. The van der Waals surface area contributed by atoms with Gasteiger partial charge in [-0.3, -0.25) is 9.88 Å². The van der Waals surface area contributed by atoms with Gasteiger partial charge in [0.25, 0.3) is 0 Å². The first-order valence-electron chi connectivity index (χ1n) is 5.64. The standard InChI is InChI=1S/C13H15BrN2O/c1-2-16(9-11-5-3-4-8-15-11)10-12-6-7-13(14)17-12/h3-8H,2,9-10H2,1H3. The summed E-state index contributed by atoms with van der Waals surface area (Å²) in [5, 5.41) is 0. The van der Waals surface area contributed by atoms with Crippen LogP contribution in [0.3, 0.4) is 0 Å². The summed E-state index contributed by atoms with van der Waals surface area (Å²) < 4.78 is 6.29. The van der Waals surface area contributed by atoms with Crippen LogP contribution in [-0.2, 0) is 13.1 Å². The third-order valence-electron chi connectivity index (χ3n) is 2.57. The monoisotopic (exact) mass is 294 g/mol. The number of hydrogen-bond acceptors (Lipinski definition) is 3. The van der Waals surface area contributed by atoms with Gasteiger partial charge in [0, 0.05) is 12.7 Å². The lowest BCUT2D eigenvalue weighted by Gasteiger charge is -2.18. The molecule has 2 heterocycles. The van der Waals surface area contributed by atoms with E-state index in [0.717, 1.165) is 35.8 Å². The van der Waals surface area contributed by atoms with E-state index in [2.05, 4.69) is 32.7 Å². The second kappa shape index (κ2) is 5.98. The third-order valence-corrected chi connectivity index (χ3v) is 2.99. The average molecular weight is 295 g/mol. The first-order valence-corrected chi connectivity index (χ1v) is 6.43. The molecule has 0 amide bonds. The minimum Gasteiger partial charge on any atom is -0.453 e. The molecule has 90 valence electrons. The third kappa shape index (κ3) is 3.68. The molecule has 0 radical (unpaired) electrons. The van der Waals surface area contributed by atoms with E-state index in [1.54, 1.807) is 0 Å². The minimum absolute atomic E-state index is 0.779. The van der Waals surface area contributed by atoms with E-state index < -0.39 is 0 Å². The normalized spacial score (nSPS) is 11.0. The second-order valence-corrected chi connectivity index (χ2v) is 4.61. The quantitative estimate of drug-likeness (QED) is 0.846. The van der Waals surface area contributed by atoms with Gasteiger partial charge in [0.05, 0.1) is 12.2 Å². The van der Waals surface area contributed by atoms with Crippen molar-refractivity contribution in [2.75, 3.05) is 6.54 Å². The summed E-state index contributed by atoms with van der Waals surface area (Å²) in [5.41, 5.74) is 1.08. The zero-order valence-electron chi connectivity index (χ0n) is 9.77. The maximum absolute atomic E-state index is 5.51. The van der Waals surface area contributed by atoms with Gasteiger partial charge in [-0.25, -0.2) is 0 Å². The Kier molecular flexibility index (Phi) is 4.34. The zero-order valence-corrected chi connectivity index (χ0v) is 11.4. The van der Waals surface area contributed by atoms with Crippen LogP contribution in [0.5, 0.6) is 0 Å². The Morgan fingerprint density at radius 2 is 2.12 bits per heavy atom. The minimum atomic E-state index is 0.779. The molecule has 0 saturated carbocycles. The van der Waals surface area contributed by atoms with Crippen LogP contribution in [0.25, 0.3) is 0 Å². The number of nitrogens with zero attached hydrogens (tertiary/aromatic N) is 2. The van der Waals surface area contributed by atoms with E-state index in [9.17, 15) is 0 Å². The van der Waals surface area contributed by atoms with Crippen LogP contribution in [0.4, 0.5) is 0 Å². The molecule has 3 nitrogen and oxygen atoms in total. The van der Waals surface area contributed by atoms with Gasteiger partial charge in [0.2, 0.25) is 0 Å². The number of furan rings is 1. The molecular formula is C13H15BrN2O. The molecule has 2 aromatic rings. The molecule has 0 aliphatic carbocycles. The highest BCUT2D eigenvalue weighted by molar-refractivity contribution is 9.10. The van der Waals surface area contributed by atoms with Crippen LogP contribution in [0.2, 0.25) is 0 Å². The molecule has 2 rings (SSSR count). The fourth-order valence-corrected chi connectivity index (χ4v) is 2.00. The summed E-state index contributed by atoms with van der Waals surface area (Å²) in [5.74, 6) is 0.967. The number of aromatic nitrogens is 1. The largest absolute Gasteiger partial charge is 0.453 e. The van der Waals surface area contributed by atoms with Crippen molar-refractivity contribution in [1.29, 1.82) is 0 Å². The molecule has 0 saturated heterocycles. The Balaban J connectivity index is 1.98. The van der Waals surface area contributed by atoms with Gasteiger partial charge >= 0.3 is 0 Å². The molecule has 0 bridgehead atoms. The van der Waals surface area contributed by atoms with Gasteiger partial charge in [-0.15, -0.1) is 0 Å². The van der Waals surface area contributed by atoms with Crippen molar-refractivity contribution in [2.24, 2.45) is 0 Å². The average Bonchev–Trinajstić information content (AvgIpc) is 2.75. The van der Waals surface area contributed by atoms with Gasteiger partial charge in [-0.05, 0) is 46.7 Å². The van der Waals surface area contributed by atoms with E-state index in [-0.39, 0.29) is 0 Å². The Bertz CT molecular complexity index is 455. The summed E-state index contributed by atoms with van der Waals surface area (Å²) in [6.07, 6.45) is 1.83. The summed E-state index contributed by atoms with van der Waals surface area (Å²) in [6, 6.07) is 9.90. The Morgan fingerprint density at radius 3 is 2.71 bits per heavy atom. The van der Waals surface area contributed by atoms with Gasteiger partial charge in [0.1, 0.15) is 5.76 Å². The van der Waals surface area contributed by atoms with Crippen LogP contribution in [-0.4, -0.2) is 16.4 Å². The molecular weight excluding hydrogens is 280 g/mol. The lowest BCUT2D eigenvalue weighted by Crippen LogP contribution is -2.22. The van der Waals surface area contributed by atoms with Crippen molar-refractivity contribution in [3.8, 4) is 0 Å². The number of halogens is 1. The number of hydrogen-bond donors (Lipinski definition) is 0. The van der Waals surface area contributed by atoms with E-state index in [4.69, 9.17) is 4.42 Å². The number of pyridine rings is 1. The van der Waals surface area contributed by atoms with Crippen LogP contribution in [0.15, 0.2) is 45.6 Å². The van der Waals surface area contributed by atoms with Crippen LogP contribution in [0.1, 0.15) is 18.4 Å². The molecule has 0 spiro atoms. The molecule has 4 heteroatoms. The smallest absolute Gasteiger partial charge is 0.169 e. The molecule has 2 aromatic heterocycles. The topological polar surface area (TPSA) is 29.3 Å². The highest BCUT2D eigenvalue weighted by Crippen LogP contribution is 2.16. The highest BCUT2D eigenvalue weighted by Gasteiger charge is 2.08. The van der Waals surface area contributed by atoms with Crippen molar-refractivity contribution in [1.82, 2.24) is 9.88 Å². The van der Waals surface area contributed by atoms with E-state index in [1.807, 2.05) is 36.5 Å². The highest BCUT2D eigenvalue weighted by atomic mass is 79.9. The van der Waals surface area contributed by atoms with Crippen molar-refractivity contribution in [2.45, 2.75) is 20.0 Å². The fourth-order valence-electron chi connectivity index (χ4n) is 1.66. The molecule has 0 N–H and O–H groups in total. The van der Waals surface area contributed by atoms with E-state index >= 15 is 0 Å². The predicted octanol–water partition coefficient (Wildman–Crippen LogP) is 3.46. The Labute approximate surface area is 110 Å². The molecule has 0 aliphatic rings. The van der Waals surface area contributed by atoms with Crippen molar-refractivity contribution in [3.05, 3.63) is 52.7 Å². The van der Waals surface area contributed by atoms with Gasteiger partial charge < -0.3 is 4.42 Å². The molecule has 0 aromatic carbocycles. The van der Waals surface area contributed by atoms with Crippen LogP contribution >= 0.6 is 15.9 Å². The SMILES string of the molecule is CCN(Cc1ccccn1)Cc1ccc(Br)o1. The van der Waals surface area contributed by atoms with E-state index in [1.165, 1.54) is 0 Å². The lowest BCUT2D eigenvalue weighted by atomic mass is 10.3. The molecule has 0 aliphatic heterocycles. The summed E-state index contributed by atoms with van der Waals surface area (Å²) >= 11 is 3.31. The summed E-state index contributed by atoms with van der Waals surface area (Å²) in [4.78, 5) is 6.62. The van der Waals surface area contributed by atoms with Crippen molar-refractivity contribution < 1.29 is 4.42 Å². The maximum Gasteiger partial charge on any atom is 0.169 e. The second-order valence-electron chi connectivity index (χ2n) is 3.83. The lowest BCUT2D eigenvalue weighted by molar-refractivity contribution is 0.243. The maximum atomic E-state index is 5.51. The van der Waals surface area contributed by atoms with Gasteiger partial charge in [-0.2, -0.15) is 0 Å². The fraction of sp³-hybridized carbons (Fsp3) is 0.308. The summed E-state index contributed by atoms with van der Waals surface area (Å²) in [7, 11) is 0. The van der Waals surface area contributed by atoms with Gasteiger partial charge in [-0.1, -0.05) is 13.0 Å². The first kappa shape index (κ1) is 12.3. The van der Waals surface area contributed by atoms with E-state index in [0.29, 0.717) is 0 Å². The predicted molar refractivity (Wildman–Crippen MR) is 70.4 cm³/mol. The van der Waals surface area contributed by atoms with Crippen molar-refractivity contribution in [3.63, 3.8) is 0 Å². The molecule has 17 heavy (non-hydrogen) atoms. The molecule has 0 unspecified atom stereocenters. The summed E-state index contributed by atoms with van der Waals surface area (Å²) in [6.45, 7) is 4.75. The Morgan fingerprint density at radius 1 is 1.24 bits per heavy atom.